The highest BCUT2D eigenvalue weighted by atomic mass is 35.5. The molecule has 0 aromatic heterocycles. The Kier molecular flexibility index (Phi) is 6.01. The zero-order valence-electron chi connectivity index (χ0n) is 10.6. The number of esters is 1. The van der Waals surface area contributed by atoms with Crippen molar-refractivity contribution in [2.75, 3.05) is 6.61 Å². The SMILES string of the molecule is CCOC(=O)c1ccc(-c2ccccc2P)cc1.Cl. The van der Waals surface area contributed by atoms with Gasteiger partial charge in [0.15, 0.2) is 0 Å². The highest BCUT2D eigenvalue weighted by molar-refractivity contribution is 7.28. The second-order valence-corrected chi connectivity index (χ2v) is 4.51. The van der Waals surface area contributed by atoms with Crippen LogP contribution < -0.4 is 5.30 Å². The molecule has 0 aliphatic heterocycles. The normalized spacial score (nSPS) is 9.58. The van der Waals surface area contributed by atoms with Crippen molar-refractivity contribution in [3.8, 4) is 11.1 Å². The summed E-state index contributed by atoms with van der Waals surface area (Å²) in [5.41, 5.74) is 2.83. The van der Waals surface area contributed by atoms with E-state index in [1.807, 2.05) is 30.3 Å². The molecule has 2 aromatic rings. The number of carbonyl (C=O) groups excluding carboxylic acids is 1. The smallest absolute Gasteiger partial charge is 0.338 e. The summed E-state index contributed by atoms with van der Waals surface area (Å²) >= 11 is 0. The lowest BCUT2D eigenvalue weighted by molar-refractivity contribution is 0.0526. The first-order valence-electron chi connectivity index (χ1n) is 5.84. The van der Waals surface area contributed by atoms with E-state index in [0.717, 1.165) is 16.4 Å². The van der Waals surface area contributed by atoms with Gasteiger partial charge < -0.3 is 4.74 Å². The van der Waals surface area contributed by atoms with Crippen molar-refractivity contribution in [2.24, 2.45) is 0 Å². The molecule has 2 rings (SSSR count). The summed E-state index contributed by atoms with van der Waals surface area (Å²) in [4.78, 5) is 11.5. The summed E-state index contributed by atoms with van der Waals surface area (Å²) in [7, 11) is 2.72. The average Bonchev–Trinajstić information content (AvgIpc) is 2.40. The molecule has 0 aliphatic carbocycles. The van der Waals surface area contributed by atoms with Crippen LogP contribution in [0, 0.1) is 0 Å². The molecule has 0 N–H and O–H groups in total. The number of carbonyl (C=O) groups is 1. The maximum Gasteiger partial charge on any atom is 0.338 e. The summed E-state index contributed by atoms with van der Waals surface area (Å²) < 4.78 is 4.95. The van der Waals surface area contributed by atoms with Gasteiger partial charge in [-0.05, 0) is 35.5 Å². The van der Waals surface area contributed by atoms with Crippen LogP contribution in [0.25, 0.3) is 11.1 Å². The fraction of sp³-hybridized carbons (Fsp3) is 0.133. The van der Waals surface area contributed by atoms with Crippen molar-refractivity contribution >= 4 is 32.9 Å². The molecule has 2 nitrogen and oxygen atoms in total. The summed E-state index contributed by atoms with van der Waals surface area (Å²) in [6.07, 6.45) is 0. The van der Waals surface area contributed by atoms with E-state index in [2.05, 4.69) is 15.3 Å². The van der Waals surface area contributed by atoms with Gasteiger partial charge in [-0.1, -0.05) is 36.4 Å². The molecular formula is C15H16ClO2P. The van der Waals surface area contributed by atoms with E-state index in [9.17, 15) is 4.79 Å². The molecule has 0 amide bonds. The predicted octanol–water partition coefficient (Wildman–Crippen LogP) is 3.45. The molecule has 0 bridgehead atoms. The molecule has 0 aliphatic rings. The predicted molar refractivity (Wildman–Crippen MR) is 84.4 cm³/mol. The highest BCUT2D eigenvalue weighted by Gasteiger charge is 2.07. The second kappa shape index (κ2) is 7.28. The molecule has 1 unspecified atom stereocenters. The minimum absolute atomic E-state index is 0. The van der Waals surface area contributed by atoms with E-state index in [4.69, 9.17) is 4.74 Å². The Morgan fingerprint density at radius 1 is 1.11 bits per heavy atom. The summed E-state index contributed by atoms with van der Waals surface area (Å²) in [5, 5.41) is 1.14. The third kappa shape index (κ3) is 3.79. The van der Waals surface area contributed by atoms with E-state index >= 15 is 0 Å². The molecule has 0 fully saturated rings. The van der Waals surface area contributed by atoms with Crippen molar-refractivity contribution in [3.63, 3.8) is 0 Å². The minimum atomic E-state index is -0.275. The Labute approximate surface area is 121 Å². The van der Waals surface area contributed by atoms with Crippen molar-refractivity contribution < 1.29 is 9.53 Å². The van der Waals surface area contributed by atoms with Gasteiger partial charge in [0, 0.05) is 0 Å². The van der Waals surface area contributed by atoms with Gasteiger partial charge in [-0.15, -0.1) is 21.6 Å². The van der Waals surface area contributed by atoms with Gasteiger partial charge in [-0.2, -0.15) is 0 Å². The third-order valence-electron chi connectivity index (χ3n) is 2.67. The molecule has 0 heterocycles. The van der Waals surface area contributed by atoms with Crippen molar-refractivity contribution in [2.45, 2.75) is 6.92 Å². The average molecular weight is 295 g/mol. The van der Waals surface area contributed by atoms with E-state index in [1.165, 1.54) is 0 Å². The van der Waals surface area contributed by atoms with Crippen LogP contribution in [-0.4, -0.2) is 12.6 Å². The fourth-order valence-corrected chi connectivity index (χ4v) is 2.13. The van der Waals surface area contributed by atoms with E-state index in [-0.39, 0.29) is 18.4 Å². The number of hydrogen-bond acceptors (Lipinski definition) is 2. The lowest BCUT2D eigenvalue weighted by atomic mass is 10.0. The Morgan fingerprint density at radius 2 is 1.74 bits per heavy atom. The fourth-order valence-electron chi connectivity index (χ4n) is 1.76. The molecule has 0 spiro atoms. The number of halogens is 1. The number of rotatable bonds is 3. The van der Waals surface area contributed by atoms with Crippen LogP contribution in [0.2, 0.25) is 0 Å². The van der Waals surface area contributed by atoms with Gasteiger partial charge in [0.05, 0.1) is 12.2 Å². The molecule has 2 aromatic carbocycles. The van der Waals surface area contributed by atoms with E-state index in [1.54, 1.807) is 19.1 Å². The first-order chi connectivity index (χ1) is 8.72. The summed E-state index contributed by atoms with van der Waals surface area (Å²) in [6, 6.07) is 15.6. The lowest BCUT2D eigenvalue weighted by Crippen LogP contribution is -2.04. The van der Waals surface area contributed by atoms with Crippen LogP contribution in [0.4, 0.5) is 0 Å². The van der Waals surface area contributed by atoms with Crippen LogP contribution in [-0.2, 0) is 4.74 Å². The molecule has 100 valence electrons. The van der Waals surface area contributed by atoms with Gasteiger partial charge in [0.1, 0.15) is 0 Å². The third-order valence-corrected chi connectivity index (χ3v) is 3.17. The Hall–Kier alpha value is -1.37. The largest absolute Gasteiger partial charge is 0.462 e. The number of ether oxygens (including phenoxy) is 1. The van der Waals surface area contributed by atoms with Gasteiger partial charge in [-0.25, -0.2) is 4.79 Å². The molecular weight excluding hydrogens is 279 g/mol. The zero-order chi connectivity index (χ0) is 13.0. The van der Waals surface area contributed by atoms with Gasteiger partial charge >= 0.3 is 5.97 Å². The molecule has 0 saturated heterocycles. The first-order valence-corrected chi connectivity index (χ1v) is 6.42. The molecule has 0 saturated carbocycles. The Bertz CT molecular complexity index is 552. The van der Waals surface area contributed by atoms with Crippen molar-refractivity contribution in [3.05, 3.63) is 54.1 Å². The van der Waals surface area contributed by atoms with Crippen molar-refractivity contribution in [1.29, 1.82) is 0 Å². The Balaban J connectivity index is 0.00000180. The summed E-state index contributed by atoms with van der Waals surface area (Å²) in [6.45, 7) is 2.20. The van der Waals surface area contributed by atoms with Crippen LogP contribution in [0.3, 0.4) is 0 Å². The van der Waals surface area contributed by atoms with Gasteiger partial charge in [0.2, 0.25) is 0 Å². The quantitative estimate of drug-likeness (QED) is 0.640. The zero-order valence-corrected chi connectivity index (χ0v) is 12.6. The Morgan fingerprint density at radius 3 is 2.32 bits per heavy atom. The molecule has 4 heteroatoms. The second-order valence-electron chi connectivity index (χ2n) is 3.89. The van der Waals surface area contributed by atoms with Gasteiger partial charge in [-0.3, -0.25) is 0 Å². The molecule has 1 atom stereocenters. The maximum absolute atomic E-state index is 11.5. The monoisotopic (exact) mass is 294 g/mol. The van der Waals surface area contributed by atoms with Crippen LogP contribution in [0.15, 0.2) is 48.5 Å². The van der Waals surface area contributed by atoms with Gasteiger partial charge in [0.25, 0.3) is 0 Å². The standard InChI is InChI=1S/C15H15O2P.ClH/c1-2-17-15(16)12-9-7-11(8-10-12)13-5-3-4-6-14(13)18;/h3-10H,2,18H2,1H3;1H. The van der Waals surface area contributed by atoms with E-state index in [0.29, 0.717) is 12.2 Å². The maximum atomic E-state index is 11.5. The number of benzene rings is 2. The lowest BCUT2D eigenvalue weighted by Gasteiger charge is -2.06. The summed E-state index contributed by atoms with van der Waals surface area (Å²) in [5.74, 6) is -0.275. The van der Waals surface area contributed by atoms with Crippen LogP contribution >= 0.6 is 21.6 Å². The molecule has 0 radical (unpaired) electrons. The topological polar surface area (TPSA) is 26.3 Å². The first kappa shape index (κ1) is 15.7. The van der Waals surface area contributed by atoms with Crippen LogP contribution in [0.5, 0.6) is 0 Å². The molecule has 19 heavy (non-hydrogen) atoms. The van der Waals surface area contributed by atoms with Crippen molar-refractivity contribution in [1.82, 2.24) is 0 Å². The number of hydrogen-bond donors (Lipinski definition) is 0. The highest BCUT2D eigenvalue weighted by Crippen LogP contribution is 2.19. The van der Waals surface area contributed by atoms with E-state index < -0.39 is 0 Å². The minimum Gasteiger partial charge on any atom is -0.462 e. The van der Waals surface area contributed by atoms with Crippen LogP contribution in [0.1, 0.15) is 17.3 Å².